The lowest BCUT2D eigenvalue weighted by Crippen LogP contribution is -1.96. The molecule has 1 heterocycles. The highest BCUT2D eigenvalue weighted by atomic mass is 35.5. The molecule has 6 heteroatoms. The summed E-state index contributed by atoms with van der Waals surface area (Å²) >= 11 is 16.8. The van der Waals surface area contributed by atoms with Crippen LogP contribution in [0, 0.1) is 0 Å². The average Bonchev–Trinajstić information content (AvgIpc) is 1.99. The topological polar surface area (TPSA) is 37.8 Å². The molecule has 0 saturated carbocycles. The fraction of sp³-hybridized carbons (Fsp3) is 0.200. The van der Waals surface area contributed by atoms with Gasteiger partial charge in [-0.05, 0) is 0 Å². The van der Waals surface area contributed by atoms with E-state index in [1.807, 2.05) is 0 Å². The number of halogens is 3. The summed E-state index contributed by atoms with van der Waals surface area (Å²) in [6.07, 6.45) is 0. The van der Waals surface area contributed by atoms with Crippen molar-refractivity contribution in [1.29, 1.82) is 0 Å². The van der Waals surface area contributed by atoms with Gasteiger partial charge in [0.1, 0.15) is 5.02 Å². The van der Waals surface area contributed by atoms with Gasteiger partial charge in [0, 0.05) is 7.05 Å². The van der Waals surface area contributed by atoms with E-state index < -0.39 is 0 Å². The molecule has 0 unspecified atom stereocenters. The van der Waals surface area contributed by atoms with Crippen LogP contribution in [-0.2, 0) is 0 Å². The molecule has 0 aromatic carbocycles. The standard InChI is InChI=1S/C5H4Cl3N3/c1-9-5-10-3(7)2(6)4(8)11-5/h1H3,(H,9,10,11). The van der Waals surface area contributed by atoms with E-state index in [0.29, 0.717) is 5.95 Å². The van der Waals surface area contributed by atoms with Crippen molar-refractivity contribution < 1.29 is 0 Å². The first-order chi connectivity index (χ1) is 5.15. The molecule has 0 fully saturated rings. The molecule has 0 radical (unpaired) electrons. The van der Waals surface area contributed by atoms with Crippen LogP contribution in [0.25, 0.3) is 0 Å². The van der Waals surface area contributed by atoms with Crippen LogP contribution in [0.5, 0.6) is 0 Å². The first kappa shape index (κ1) is 8.84. The Morgan fingerprint density at radius 1 is 1.09 bits per heavy atom. The van der Waals surface area contributed by atoms with Gasteiger partial charge in [0.05, 0.1) is 0 Å². The predicted molar refractivity (Wildman–Crippen MR) is 46.6 cm³/mol. The summed E-state index contributed by atoms with van der Waals surface area (Å²) in [6, 6.07) is 0. The molecule has 1 aromatic rings. The first-order valence-electron chi connectivity index (χ1n) is 2.71. The Hall–Kier alpha value is -0.250. The number of hydrogen-bond acceptors (Lipinski definition) is 3. The molecule has 1 aromatic heterocycles. The van der Waals surface area contributed by atoms with Gasteiger partial charge in [-0.1, -0.05) is 34.8 Å². The Balaban J connectivity index is 3.21. The average molecular weight is 212 g/mol. The van der Waals surface area contributed by atoms with Gasteiger partial charge in [-0.15, -0.1) is 0 Å². The second kappa shape index (κ2) is 3.43. The van der Waals surface area contributed by atoms with Crippen molar-refractivity contribution in [3.63, 3.8) is 0 Å². The lowest BCUT2D eigenvalue weighted by Gasteiger charge is -2.00. The van der Waals surface area contributed by atoms with Crippen LogP contribution in [0.15, 0.2) is 0 Å². The van der Waals surface area contributed by atoms with Crippen molar-refractivity contribution in [3.05, 3.63) is 15.3 Å². The molecule has 1 rings (SSSR count). The maximum Gasteiger partial charge on any atom is 0.225 e. The van der Waals surface area contributed by atoms with Crippen molar-refractivity contribution in [3.8, 4) is 0 Å². The molecule has 0 aliphatic carbocycles. The van der Waals surface area contributed by atoms with Gasteiger partial charge in [-0.2, -0.15) is 9.97 Å². The van der Waals surface area contributed by atoms with Crippen LogP contribution in [-0.4, -0.2) is 17.0 Å². The number of hydrogen-bond donors (Lipinski definition) is 1. The molecular weight excluding hydrogens is 208 g/mol. The summed E-state index contributed by atoms with van der Waals surface area (Å²) in [7, 11) is 1.66. The number of aromatic nitrogens is 2. The summed E-state index contributed by atoms with van der Waals surface area (Å²) in [4.78, 5) is 7.56. The highest BCUT2D eigenvalue weighted by Gasteiger charge is 2.07. The molecule has 0 saturated heterocycles. The molecule has 1 N–H and O–H groups in total. The largest absolute Gasteiger partial charge is 0.357 e. The van der Waals surface area contributed by atoms with Gasteiger partial charge in [-0.3, -0.25) is 0 Å². The fourth-order valence-corrected chi connectivity index (χ4v) is 0.978. The SMILES string of the molecule is CNc1nc(Cl)c(Cl)c(Cl)n1. The summed E-state index contributed by atoms with van der Waals surface area (Å²) in [5, 5.41) is 3.16. The minimum absolute atomic E-state index is 0.149. The van der Waals surface area contributed by atoms with Crippen LogP contribution >= 0.6 is 34.8 Å². The molecule has 0 aliphatic rings. The summed E-state index contributed by atoms with van der Waals surface area (Å²) in [5.41, 5.74) is 0. The van der Waals surface area contributed by atoms with E-state index in [9.17, 15) is 0 Å². The minimum Gasteiger partial charge on any atom is -0.357 e. The highest BCUT2D eigenvalue weighted by Crippen LogP contribution is 2.27. The molecule has 11 heavy (non-hydrogen) atoms. The zero-order valence-corrected chi connectivity index (χ0v) is 7.80. The highest BCUT2D eigenvalue weighted by molar-refractivity contribution is 6.46. The molecule has 0 atom stereocenters. The van der Waals surface area contributed by atoms with E-state index in [-0.39, 0.29) is 15.3 Å². The van der Waals surface area contributed by atoms with Gasteiger partial charge in [0.15, 0.2) is 10.3 Å². The quantitative estimate of drug-likeness (QED) is 0.727. The molecule has 0 spiro atoms. The van der Waals surface area contributed by atoms with Crippen molar-refractivity contribution in [2.75, 3.05) is 12.4 Å². The maximum atomic E-state index is 5.59. The van der Waals surface area contributed by atoms with E-state index in [2.05, 4.69) is 15.3 Å². The third-order valence-corrected chi connectivity index (χ3v) is 2.09. The second-order valence-corrected chi connectivity index (χ2v) is 2.79. The molecule has 3 nitrogen and oxygen atoms in total. The Morgan fingerprint density at radius 3 is 1.91 bits per heavy atom. The molecular formula is C5H4Cl3N3. The zero-order valence-electron chi connectivity index (χ0n) is 5.53. The van der Waals surface area contributed by atoms with E-state index in [0.717, 1.165) is 0 Å². The lowest BCUT2D eigenvalue weighted by atomic mass is 10.6. The van der Waals surface area contributed by atoms with Crippen LogP contribution in [0.1, 0.15) is 0 Å². The Morgan fingerprint density at radius 2 is 1.55 bits per heavy atom. The van der Waals surface area contributed by atoms with Crippen molar-refractivity contribution >= 4 is 40.8 Å². The van der Waals surface area contributed by atoms with Crippen LogP contribution in [0.2, 0.25) is 15.3 Å². The van der Waals surface area contributed by atoms with E-state index >= 15 is 0 Å². The Bertz CT molecular complexity index is 253. The smallest absolute Gasteiger partial charge is 0.225 e. The predicted octanol–water partition coefficient (Wildman–Crippen LogP) is 2.48. The van der Waals surface area contributed by atoms with Crippen molar-refractivity contribution in [2.45, 2.75) is 0 Å². The number of rotatable bonds is 1. The van der Waals surface area contributed by atoms with Gasteiger partial charge in [0.2, 0.25) is 5.95 Å². The van der Waals surface area contributed by atoms with E-state index in [4.69, 9.17) is 34.8 Å². The second-order valence-electron chi connectivity index (χ2n) is 1.69. The lowest BCUT2D eigenvalue weighted by molar-refractivity contribution is 1.15. The zero-order chi connectivity index (χ0) is 8.43. The third kappa shape index (κ3) is 1.86. The van der Waals surface area contributed by atoms with Gasteiger partial charge < -0.3 is 5.32 Å². The van der Waals surface area contributed by atoms with E-state index in [1.165, 1.54) is 0 Å². The third-order valence-electron chi connectivity index (χ3n) is 0.994. The van der Waals surface area contributed by atoms with Crippen LogP contribution in [0.3, 0.4) is 0 Å². The molecule has 0 bridgehead atoms. The van der Waals surface area contributed by atoms with Gasteiger partial charge in [-0.25, -0.2) is 0 Å². The Kier molecular flexibility index (Phi) is 2.76. The van der Waals surface area contributed by atoms with Gasteiger partial charge in [0.25, 0.3) is 0 Å². The summed E-state index contributed by atoms with van der Waals surface area (Å²) in [6.45, 7) is 0. The van der Waals surface area contributed by atoms with Crippen molar-refractivity contribution in [1.82, 2.24) is 9.97 Å². The summed E-state index contributed by atoms with van der Waals surface area (Å²) < 4.78 is 0. The number of nitrogens with zero attached hydrogens (tertiary/aromatic N) is 2. The first-order valence-corrected chi connectivity index (χ1v) is 3.85. The van der Waals surface area contributed by atoms with Gasteiger partial charge >= 0.3 is 0 Å². The summed E-state index contributed by atoms with van der Waals surface area (Å²) in [5.74, 6) is 0.351. The normalized spacial score (nSPS) is 9.82. The number of anilines is 1. The minimum atomic E-state index is 0.149. The molecule has 60 valence electrons. The molecule has 0 amide bonds. The Labute approximate surface area is 78.7 Å². The van der Waals surface area contributed by atoms with Crippen LogP contribution < -0.4 is 5.32 Å². The maximum absolute atomic E-state index is 5.59. The molecule has 0 aliphatic heterocycles. The number of nitrogens with one attached hydrogen (secondary N) is 1. The monoisotopic (exact) mass is 211 g/mol. The van der Waals surface area contributed by atoms with Crippen LogP contribution in [0.4, 0.5) is 5.95 Å². The fourth-order valence-electron chi connectivity index (χ4n) is 0.506. The van der Waals surface area contributed by atoms with Crippen molar-refractivity contribution in [2.24, 2.45) is 0 Å². The van der Waals surface area contributed by atoms with E-state index in [1.54, 1.807) is 7.05 Å².